The van der Waals surface area contributed by atoms with Crippen molar-refractivity contribution < 1.29 is 14.3 Å². The second kappa shape index (κ2) is 5.18. The van der Waals surface area contributed by atoms with Gasteiger partial charge in [-0.05, 0) is 35.0 Å². The van der Waals surface area contributed by atoms with Crippen molar-refractivity contribution in [3.63, 3.8) is 0 Å². The minimum absolute atomic E-state index is 0.334. The minimum atomic E-state index is -0.583. The van der Waals surface area contributed by atoms with E-state index in [0.29, 0.717) is 12.5 Å². The van der Waals surface area contributed by atoms with E-state index < -0.39 is 6.04 Å². The third-order valence-electron chi connectivity index (χ3n) is 2.31. The van der Waals surface area contributed by atoms with E-state index in [-0.39, 0.29) is 12.1 Å². The molecule has 1 aromatic heterocycles. The van der Waals surface area contributed by atoms with Crippen LogP contribution in [0.2, 0.25) is 0 Å². The van der Waals surface area contributed by atoms with Crippen molar-refractivity contribution in [2.75, 3.05) is 6.61 Å². The zero-order valence-corrected chi connectivity index (χ0v) is 11.9. The molecule has 1 aliphatic heterocycles. The first kappa shape index (κ1) is 12.6. The second-order valence-corrected chi connectivity index (χ2v) is 6.02. The molecule has 2 unspecified atom stereocenters. The molecule has 1 aliphatic rings. The van der Waals surface area contributed by atoms with Gasteiger partial charge in [0.25, 0.3) is 0 Å². The van der Waals surface area contributed by atoms with Gasteiger partial charge in [0.05, 0.1) is 10.4 Å². The Hall–Kier alpha value is -0.880. The van der Waals surface area contributed by atoms with Crippen LogP contribution in [0.5, 0.6) is 0 Å². The molecule has 4 nitrogen and oxygen atoms in total. The van der Waals surface area contributed by atoms with Gasteiger partial charge in [-0.2, -0.15) is 0 Å². The smallest absolute Gasteiger partial charge is 0.335 e. The Bertz CT molecular complexity index is 457. The highest BCUT2D eigenvalue weighted by atomic mass is 79.9. The van der Waals surface area contributed by atoms with Crippen LogP contribution < -0.4 is 0 Å². The summed E-state index contributed by atoms with van der Waals surface area (Å²) in [6.07, 6.45) is -0.356. The summed E-state index contributed by atoms with van der Waals surface area (Å²) in [6, 6.07) is 3.28. The van der Waals surface area contributed by atoms with Gasteiger partial charge in [-0.15, -0.1) is 11.3 Å². The number of carbonyl (C=O) groups is 1. The number of carbonyl (C=O) groups excluding carboxylic acids is 1. The number of hydrogen-bond acceptors (Lipinski definition) is 5. The van der Waals surface area contributed by atoms with E-state index in [1.807, 2.05) is 12.1 Å². The lowest BCUT2D eigenvalue weighted by Crippen LogP contribution is -2.25. The largest absolute Gasteiger partial charge is 0.469 e. The Morgan fingerprint density at radius 1 is 1.65 bits per heavy atom. The molecule has 0 fully saturated rings. The van der Waals surface area contributed by atoms with Crippen LogP contribution in [0, 0.1) is 0 Å². The Labute approximate surface area is 112 Å². The number of rotatable bonds is 3. The van der Waals surface area contributed by atoms with E-state index in [1.165, 1.54) is 11.3 Å². The average Bonchev–Trinajstić information content (AvgIpc) is 2.84. The molecule has 0 N–H and O–H groups in total. The summed E-state index contributed by atoms with van der Waals surface area (Å²) in [7, 11) is 0. The van der Waals surface area contributed by atoms with Crippen molar-refractivity contribution in [1.29, 1.82) is 0 Å². The molecule has 0 radical (unpaired) electrons. The quantitative estimate of drug-likeness (QED) is 0.805. The third-order valence-corrected chi connectivity index (χ3v) is 3.99. The van der Waals surface area contributed by atoms with Gasteiger partial charge in [0.15, 0.2) is 18.0 Å². The molecule has 1 aromatic rings. The molecule has 0 spiro atoms. The van der Waals surface area contributed by atoms with E-state index >= 15 is 0 Å². The molecule has 0 saturated carbocycles. The Morgan fingerprint density at radius 3 is 3.00 bits per heavy atom. The van der Waals surface area contributed by atoms with Gasteiger partial charge in [-0.1, -0.05) is 0 Å². The molecule has 2 heterocycles. The van der Waals surface area contributed by atoms with Crippen molar-refractivity contribution in [3.8, 4) is 0 Å². The molecule has 2 atom stereocenters. The Morgan fingerprint density at radius 2 is 2.41 bits per heavy atom. The predicted octanol–water partition coefficient (Wildman–Crippen LogP) is 2.93. The van der Waals surface area contributed by atoms with E-state index in [2.05, 4.69) is 20.9 Å². The van der Waals surface area contributed by atoms with Gasteiger partial charge < -0.3 is 9.47 Å². The predicted molar refractivity (Wildman–Crippen MR) is 69.4 cm³/mol. The van der Waals surface area contributed by atoms with Crippen LogP contribution in [-0.4, -0.2) is 24.5 Å². The molecule has 92 valence electrons. The highest BCUT2D eigenvalue weighted by Crippen LogP contribution is 2.35. The highest BCUT2D eigenvalue weighted by Gasteiger charge is 2.38. The lowest BCUT2D eigenvalue weighted by Gasteiger charge is -2.14. The van der Waals surface area contributed by atoms with Crippen LogP contribution in [-0.2, 0) is 14.3 Å². The highest BCUT2D eigenvalue weighted by molar-refractivity contribution is 9.11. The lowest BCUT2D eigenvalue weighted by molar-refractivity contribution is -0.146. The third kappa shape index (κ3) is 2.69. The number of halogens is 1. The van der Waals surface area contributed by atoms with Gasteiger partial charge in [0.2, 0.25) is 0 Å². The fraction of sp³-hybridized carbons (Fsp3) is 0.455. The molecule has 0 saturated heterocycles. The maximum Gasteiger partial charge on any atom is 0.335 e. The van der Waals surface area contributed by atoms with Gasteiger partial charge in [0.1, 0.15) is 0 Å². The molecular weight excluding hydrogens is 306 g/mol. The summed E-state index contributed by atoms with van der Waals surface area (Å²) in [4.78, 5) is 16.9. The maximum absolute atomic E-state index is 11.8. The van der Waals surface area contributed by atoms with Gasteiger partial charge >= 0.3 is 5.97 Å². The first-order valence-electron chi connectivity index (χ1n) is 5.24. The second-order valence-electron chi connectivity index (χ2n) is 3.53. The van der Waals surface area contributed by atoms with Crippen LogP contribution in [0.3, 0.4) is 0 Å². The number of aliphatic imine (C=N–C) groups is 1. The Kier molecular flexibility index (Phi) is 3.83. The van der Waals surface area contributed by atoms with Crippen molar-refractivity contribution in [1.82, 2.24) is 0 Å². The number of ether oxygens (including phenoxy) is 2. The maximum atomic E-state index is 11.8. The summed E-state index contributed by atoms with van der Waals surface area (Å²) >= 11 is 4.93. The Balaban J connectivity index is 2.20. The van der Waals surface area contributed by atoms with Crippen molar-refractivity contribution in [2.24, 2.45) is 4.99 Å². The van der Waals surface area contributed by atoms with Crippen molar-refractivity contribution >= 4 is 39.1 Å². The van der Waals surface area contributed by atoms with Gasteiger partial charge in [0, 0.05) is 11.8 Å². The van der Waals surface area contributed by atoms with Gasteiger partial charge in [-0.3, -0.25) is 0 Å². The summed E-state index contributed by atoms with van der Waals surface area (Å²) in [6.45, 7) is 3.88. The topological polar surface area (TPSA) is 47.9 Å². The number of hydrogen-bond donors (Lipinski definition) is 0. The zero-order chi connectivity index (χ0) is 12.4. The summed E-state index contributed by atoms with van der Waals surface area (Å²) in [5.41, 5.74) is 0. The lowest BCUT2D eigenvalue weighted by atomic mass is 10.1. The van der Waals surface area contributed by atoms with Gasteiger partial charge in [-0.25, -0.2) is 9.79 Å². The monoisotopic (exact) mass is 317 g/mol. The van der Waals surface area contributed by atoms with E-state index in [0.717, 1.165) is 8.66 Å². The molecule has 0 aromatic carbocycles. The molecule has 0 aliphatic carbocycles. The fourth-order valence-corrected chi connectivity index (χ4v) is 3.12. The average molecular weight is 318 g/mol. The molecule has 6 heteroatoms. The molecule has 0 amide bonds. The SMILES string of the molecule is CCOC(=O)C1N=C(C)OC1c1ccc(Br)s1. The molecule has 2 rings (SSSR count). The first-order chi connectivity index (χ1) is 8.11. The van der Waals surface area contributed by atoms with Crippen LogP contribution in [0.4, 0.5) is 0 Å². The normalized spacial score (nSPS) is 23.1. The fourth-order valence-electron chi connectivity index (χ4n) is 1.64. The zero-order valence-electron chi connectivity index (χ0n) is 9.47. The summed E-state index contributed by atoms with van der Waals surface area (Å²) in [5, 5.41) is 0. The van der Waals surface area contributed by atoms with Crippen LogP contribution in [0.25, 0.3) is 0 Å². The standard InChI is InChI=1S/C11H12BrNO3S/c1-3-15-11(14)9-10(16-6(2)13-9)7-4-5-8(12)17-7/h4-5,9-10H,3H2,1-2H3. The summed E-state index contributed by atoms with van der Waals surface area (Å²) < 4.78 is 11.6. The van der Waals surface area contributed by atoms with E-state index in [1.54, 1.807) is 13.8 Å². The summed E-state index contributed by atoms with van der Waals surface area (Å²) in [5.74, 6) is 0.191. The first-order valence-corrected chi connectivity index (χ1v) is 6.85. The van der Waals surface area contributed by atoms with Crippen molar-refractivity contribution in [2.45, 2.75) is 26.0 Å². The molecule has 0 bridgehead atoms. The van der Waals surface area contributed by atoms with Crippen LogP contribution in [0.1, 0.15) is 24.8 Å². The van der Waals surface area contributed by atoms with Crippen LogP contribution >= 0.6 is 27.3 Å². The number of nitrogens with zero attached hydrogens (tertiary/aromatic N) is 1. The molecule has 17 heavy (non-hydrogen) atoms. The molecular formula is C11H12BrNO3S. The van der Waals surface area contributed by atoms with Crippen LogP contribution in [0.15, 0.2) is 20.9 Å². The van der Waals surface area contributed by atoms with E-state index in [4.69, 9.17) is 9.47 Å². The minimum Gasteiger partial charge on any atom is -0.469 e. The number of esters is 1. The van der Waals surface area contributed by atoms with Crippen molar-refractivity contribution in [3.05, 3.63) is 20.8 Å². The van der Waals surface area contributed by atoms with E-state index in [9.17, 15) is 4.79 Å². The number of thiophene rings is 1.